The van der Waals surface area contributed by atoms with Crippen molar-refractivity contribution in [3.8, 4) is 0 Å². The maximum atomic E-state index is 13.6. The van der Waals surface area contributed by atoms with E-state index in [4.69, 9.17) is 0 Å². The van der Waals surface area contributed by atoms with Crippen LogP contribution in [0.3, 0.4) is 0 Å². The fourth-order valence-electron chi connectivity index (χ4n) is 2.11. The second-order valence-electron chi connectivity index (χ2n) is 4.78. The highest BCUT2D eigenvalue weighted by Crippen LogP contribution is 2.17. The van der Waals surface area contributed by atoms with E-state index in [0.29, 0.717) is 32.0 Å². The van der Waals surface area contributed by atoms with E-state index in [0.717, 1.165) is 0 Å². The lowest BCUT2D eigenvalue weighted by molar-refractivity contribution is -0.134. The minimum atomic E-state index is -0.305. The van der Waals surface area contributed by atoms with Gasteiger partial charge in [-0.05, 0) is 12.1 Å². The molecule has 4 nitrogen and oxygen atoms in total. The number of rotatable bonds is 2. The molecule has 1 aliphatic heterocycles. The van der Waals surface area contributed by atoms with E-state index in [1.54, 1.807) is 12.3 Å². The number of pyridine rings is 1. The Morgan fingerprint density at radius 1 is 1.33 bits per heavy atom. The third kappa shape index (κ3) is 2.60. The van der Waals surface area contributed by atoms with Gasteiger partial charge < -0.3 is 9.80 Å². The molecule has 1 aromatic rings. The molecule has 18 heavy (non-hydrogen) atoms. The van der Waals surface area contributed by atoms with Gasteiger partial charge in [0.2, 0.25) is 5.91 Å². The zero-order valence-corrected chi connectivity index (χ0v) is 10.8. The molecule has 1 amide bonds. The van der Waals surface area contributed by atoms with Gasteiger partial charge in [-0.25, -0.2) is 9.37 Å². The van der Waals surface area contributed by atoms with Gasteiger partial charge >= 0.3 is 0 Å². The molecule has 2 heterocycles. The zero-order chi connectivity index (χ0) is 13.1. The molecule has 1 saturated heterocycles. The molecule has 98 valence electrons. The number of halogens is 1. The number of nitrogens with zero attached hydrogens (tertiary/aromatic N) is 3. The largest absolute Gasteiger partial charge is 0.351 e. The number of carbonyl (C=O) groups is 1. The Hall–Kier alpha value is -1.65. The molecule has 0 N–H and O–H groups in total. The monoisotopic (exact) mass is 251 g/mol. The van der Waals surface area contributed by atoms with Crippen LogP contribution >= 0.6 is 0 Å². The lowest BCUT2D eigenvalue weighted by Gasteiger charge is -2.36. The molecule has 0 aromatic carbocycles. The number of aromatic nitrogens is 1. The summed E-state index contributed by atoms with van der Waals surface area (Å²) >= 11 is 0. The lowest BCUT2D eigenvalue weighted by Crippen LogP contribution is -2.50. The Morgan fingerprint density at radius 3 is 2.56 bits per heavy atom. The van der Waals surface area contributed by atoms with E-state index in [1.807, 2.05) is 23.6 Å². The topological polar surface area (TPSA) is 36.4 Å². The Bertz CT molecular complexity index is 428. The highest BCUT2D eigenvalue weighted by Gasteiger charge is 2.24. The Labute approximate surface area is 106 Å². The van der Waals surface area contributed by atoms with Gasteiger partial charge in [0.15, 0.2) is 11.6 Å². The van der Waals surface area contributed by atoms with E-state index in [-0.39, 0.29) is 17.6 Å². The summed E-state index contributed by atoms with van der Waals surface area (Å²) in [5.74, 6) is 0.259. The van der Waals surface area contributed by atoms with Gasteiger partial charge in [0.1, 0.15) is 0 Å². The fourth-order valence-corrected chi connectivity index (χ4v) is 2.11. The molecule has 0 radical (unpaired) electrons. The molecule has 5 heteroatoms. The smallest absolute Gasteiger partial charge is 0.225 e. The van der Waals surface area contributed by atoms with Crippen LogP contribution in [0.1, 0.15) is 13.8 Å². The summed E-state index contributed by atoms with van der Waals surface area (Å²) in [6.07, 6.45) is 1.59. The normalized spacial score (nSPS) is 16.2. The average molecular weight is 251 g/mol. The van der Waals surface area contributed by atoms with Gasteiger partial charge in [0, 0.05) is 38.3 Å². The number of amides is 1. The summed E-state index contributed by atoms with van der Waals surface area (Å²) in [6, 6.07) is 2.99. The van der Waals surface area contributed by atoms with Crippen molar-refractivity contribution in [3.05, 3.63) is 24.1 Å². The number of carbonyl (C=O) groups excluding carboxylic acids is 1. The maximum absolute atomic E-state index is 13.6. The zero-order valence-electron chi connectivity index (χ0n) is 10.8. The molecular formula is C13H18FN3O. The molecule has 1 fully saturated rings. The molecule has 0 bridgehead atoms. The molecule has 0 aliphatic carbocycles. The van der Waals surface area contributed by atoms with Crippen LogP contribution in [0.5, 0.6) is 0 Å². The van der Waals surface area contributed by atoms with E-state index in [2.05, 4.69) is 4.98 Å². The molecule has 2 rings (SSSR count). The van der Waals surface area contributed by atoms with Gasteiger partial charge in [0.25, 0.3) is 0 Å². The third-order valence-electron chi connectivity index (χ3n) is 3.12. The Kier molecular flexibility index (Phi) is 3.79. The van der Waals surface area contributed by atoms with Crippen molar-refractivity contribution in [1.82, 2.24) is 9.88 Å². The summed E-state index contributed by atoms with van der Waals surface area (Å²) in [5.41, 5.74) is 0. The first-order valence-electron chi connectivity index (χ1n) is 6.24. The van der Waals surface area contributed by atoms with Crippen LogP contribution in [-0.4, -0.2) is 42.0 Å². The van der Waals surface area contributed by atoms with E-state index < -0.39 is 0 Å². The number of hydrogen-bond donors (Lipinski definition) is 0. The predicted molar refractivity (Wildman–Crippen MR) is 67.8 cm³/mol. The van der Waals surface area contributed by atoms with Gasteiger partial charge in [0.05, 0.1) is 0 Å². The van der Waals surface area contributed by atoms with Crippen LogP contribution < -0.4 is 4.90 Å². The van der Waals surface area contributed by atoms with Crippen LogP contribution in [0.25, 0.3) is 0 Å². The molecule has 0 atom stereocenters. The van der Waals surface area contributed by atoms with E-state index in [9.17, 15) is 9.18 Å². The summed E-state index contributed by atoms with van der Waals surface area (Å²) in [4.78, 5) is 19.6. The van der Waals surface area contributed by atoms with Crippen LogP contribution in [0.2, 0.25) is 0 Å². The first kappa shape index (κ1) is 12.8. The van der Waals surface area contributed by atoms with Crippen molar-refractivity contribution < 1.29 is 9.18 Å². The predicted octanol–water partition coefficient (Wildman–Crippen LogP) is 1.53. The molecular weight excluding hydrogens is 233 g/mol. The average Bonchev–Trinajstić information content (AvgIpc) is 2.38. The van der Waals surface area contributed by atoms with Crippen molar-refractivity contribution >= 4 is 11.7 Å². The summed E-state index contributed by atoms with van der Waals surface area (Å²) < 4.78 is 13.6. The second-order valence-corrected chi connectivity index (χ2v) is 4.78. The number of anilines is 1. The summed E-state index contributed by atoms with van der Waals surface area (Å²) in [7, 11) is 0. The molecule has 0 unspecified atom stereocenters. The van der Waals surface area contributed by atoms with Crippen molar-refractivity contribution in [1.29, 1.82) is 0 Å². The molecule has 1 aromatic heterocycles. The van der Waals surface area contributed by atoms with Crippen molar-refractivity contribution in [2.75, 3.05) is 31.1 Å². The quantitative estimate of drug-likeness (QED) is 0.799. The minimum Gasteiger partial charge on any atom is -0.351 e. The first-order valence-corrected chi connectivity index (χ1v) is 6.24. The van der Waals surface area contributed by atoms with Gasteiger partial charge in [-0.2, -0.15) is 0 Å². The SMILES string of the molecule is CC(C)C(=O)N1CCN(c2ncccc2F)CC1. The lowest BCUT2D eigenvalue weighted by atomic mass is 10.1. The Balaban J connectivity index is 1.99. The third-order valence-corrected chi connectivity index (χ3v) is 3.12. The number of piperazine rings is 1. The van der Waals surface area contributed by atoms with Crippen LogP contribution in [0.15, 0.2) is 18.3 Å². The van der Waals surface area contributed by atoms with Gasteiger partial charge in [-0.15, -0.1) is 0 Å². The highest BCUT2D eigenvalue weighted by atomic mass is 19.1. The standard InChI is InChI=1S/C13H18FN3O/c1-10(2)13(18)17-8-6-16(7-9-17)12-11(14)4-3-5-15-12/h3-5,10H,6-9H2,1-2H3. The Morgan fingerprint density at radius 2 is 2.00 bits per heavy atom. The fraction of sp³-hybridized carbons (Fsp3) is 0.538. The summed E-state index contributed by atoms with van der Waals surface area (Å²) in [6.45, 7) is 6.32. The first-order chi connectivity index (χ1) is 8.59. The summed E-state index contributed by atoms with van der Waals surface area (Å²) in [5, 5.41) is 0. The van der Waals surface area contributed by atoms with E-state index in [1.165, 1.54) is 6.07 Å². The van der Waals surface area contributed by atoms with Gasteiger partial charge in [-0.3, -0.25) is 4.79 Å². The minimum absolute atomic E-state index is 0.0168. The highest BCUT2D eigenvalue weighted by molar-refractivity contribution is 5.78. The molecule has 1 aliphatic rings. The van der Waals surface area contributed by atoms with Crippen LogP contribution in [-0.2, 0) is 4.79 Å². The second kappa shape index (κ2) is 5.33. The van der Waals surface area contributed by atoms with Crippen molar-refractivity contribution in [2.45, 2.75) is 13.8 Å². The van der Waals surface area contributed by atoms with Crippen LogP contribution in [0, 0.1) is 11.7 Å². The van der Waals surface area contributed by atoms with Gasteiger partial charge in [-0.1, -0.05) is 13.8 Å². The van der Waals surface area contributed by atoms with Crippen LogP contribution in [0.4, 0.5) is 10.2 Å². The molecule has 0 saturated carbocycles. The van der Waals surface area contributed by atoms with E-state index >= 15 is 0 Å². The van der Waals surface area contributed by atoms with Crippen molar-refractivity contribution in [2.24, 2.45) is 5.92 Å². The number of hydrogen-bond acceptors (Lipinski definition) is 3. The maximum Gasteiger partial charge on any atom is 0.225 e. The molecule has 0 spiro atoms. The van der Waals surface area contributed by atoms with Crippen molar-refractivity contribution in [3.63, 3.8) is 0 Å².